The molecule has 0 radical (unpaired) electrons. The van der Waals surface area contributed by atoms with E-state index in [1.807, 2.05) is 6.08 Å². The topological polar surface area (TPSA) is 95.9 Å². The number of amides is 1. The standard InChI is InChI=1S/C72H133NO5/c1-3-5-7-9-11-13-15-17-18-19-20-21-25-28-31-34-37-41-44-48-52-56-60-64-70(75)69(68-74)73-71(76)65-61-57-53-49-45-42-38-35-32-29-26-23-22-24-27-30-33-36-39-43-47-51-55-59-63-67-78-72(77)66-62-58-54-50-46-40-16-14-12-10-8-6-4-2/h8,10,14,16,23-24,26-27,60,64,69-70,74-75H,3-7,9,11-13,15,17-22,25,28-59,61-63,65-68H2,1-2H3,(H,73,76)/b10-8-,16-14-,26-23-,27-24-,64-60+. The fourth-order valence-corrected chi connectivity index (χ4v) is 10.5. The number of hydrogen-bond donors (Lipinski definition) is 3. The second kappa shape index (κ2) is 67.1. The van der Waals surface area contributed by atoms with E-state index in [1.165, 1.54) is 276 Å². The second-order valence-electron chi connectivity index (χ2n) is 23.5. The van der Waals surface area contributed by atoms with Crippen LogP contribution in [0, 0.1) is 0 Å². The van der Waals surface area contributed by atoms with Gasteiger partial charge in [-0.15, -0.1) is 0 Å². The van der Waals surface area contributed by atoms with Crippen molar-refractivity contribution in [3.05, 3.63) is 60.8 Å². The van der Waals surface area contributed by atoms with Gasteiger partial charge in [-0.3, -0.25) is 9.59 Å². The number of hydrogen-bond acceptors (Lipinski definition) is 5. The Morgan fingerprint density at radius 1 is 0.359 bits per heavy atom. The van der Waals surface area contributed by atoms with Crippen molar-refractivity contribution in [3.63, 3.8) is 0 Å². The SMILES string of the molecule is CCC/C=C\C/C=C\CCCCCCCC(=O)OCCCCCCCCCCC/C=C\C/C=C\CCCCCCCCCCCC(=O)NC(CO)C(O)/C=C/CCCCCCCCCCCCCCCCCCCCCCC. The quantitative estimate of drug-likeness (QED) is 0.0320. The van der Waals surface area contributed by atoms with Crippen LogP contribution in [-0.4, -0.2) is 47.4 Å². The third-order valence-electron chi connectivity index (χ3n) is 15.7. The highest BCUT2D eigenvalue weighted by Gasteiger charge is 2.18. The van der Waals surface area contributed by atoms with Gasteiger partial charge in [-0.05, 0) is 89.9 Å². The molecule has 0 aromatic heterocycles. The molecule has 0 saturated heterocycles. The molecule has 78 heavy (non-hydrogen) atoms. The molecule has 1 amide bonds. The molecule has 0 heterocycles. The van der Waals surface area contributed by atoms with Crippen molar-refractivity contribution in [3.8, 4) is 0 Å². The summed E-state index contributed by atoms with van der Waals surface area (Å²) in [6.07, 6.45) is 88.6. The molecule has 0 aromatic carbocycles. The van der Waals surface area contributed by atoms with Gasteiger partial charge in [0.05, 0.1) is 25.4 Å². The molecule has 0 rings (SSSR count). The van der Waals surface area contributed by atoms with E-state index < -0.39 is 12.1 Å². The zero-order chi connectivity index (χ0) is 56.4. The number of carbonyl (C=O) groups excluding carboxylic acids is 2. The molecule has 3 N–H and O–H groups in total. The van der Waals surface area contributed by atoms with E-state index in [0.29, 0.717) is 19.4 Å². The normalized spacial score (nSPS) is 12.9. The fourth-order valence-electron chi connectivity index (χ4n) is 10.5. The number of aliphatic hydroxyl groups is 2. The molecule has 0 aliphatic heterocycles. The van der Waals surface area contributed by atoms with Crippen molar-refractivity contribution in [1.82, 2.24) is 5.32 Å². The van der Waals surface area contributed by atoms with Crippen LogP contribution in [0.25, 0.3) is 0 Å². The monoisotopic (exact) mass is 1090 g/mol. The first-order valence-corrected chi connectivity index (χ1v) is 34.6. The molecule has 2 unspecified atom stereocenters. The first-order chi connectivity index (χ1) is 38.5. The number of allylic oxidation sites excluding steroid dienone is 9. The number of ether oxygens (including phenoxy) is 1. The lowest BCUT2D eigenvalue weighted by Gasteiger charge is -2.20. The van der Waals surface area contributed by atoms with Gasteiger partial charge >= 0.3 is 5.97 Å². The van der Waals surface area contributed by atoms with Gasteiger partial charge in [-0.25, -0.2) is 0 Å². The Kier molecular flexibility index (Phi) is 65.0. The van der Waals surface area contributed by atoms with Crippen molar-refractivity contribution < 1.29 is 24.5 Å². The van der Waals surface area contributed by atoms with Gasteiger partial charge in [0.25, 0.3) is 0 Å². The Morgan fingerprint density at radius 3 is 1.03 bits per heavy atom. The van der Waals surface area contributed by atoms with E-state index in [0.717, 1.165) is 57.8 Å². The molecule has 6 heteroatoms. The lowest BCUT2D eigenvalue weighted by Crippen LogP contribution is -2.45. The zero-order valence-corrected chi connectivity index (χ0v) is 52.1. The van der Waals surface area contributed by atoms with Crippen LogP contribution in [0.15, 0.2) is 60.8 Å². The average molecular weight is 1090 g/mol. The summed E-state index contributed by atoms with van der Waals surface area (Å²) < 4.78 is 5.47. The number of nitrogens with one attached hydrogen (secondary N) is 1. The van der Waals surface area contributed by atoms with E-state index >= 15 is 0 Å². The number of aliphatic hydroxyl groups excluding tert-OH is 2. The van der Waals surface area contributed by atoms with E-state index in [4.69, 9.17) is 4.74 Å². The first kappa shape index (κ1) is 75.6. The molecule has 0 bridgehead atoms. The van der Waals surface area contributed by atoms with Crippen LogP contribution in [0.1, 0.15) is 361 Å². The Balaban J connectivity index is 3.47. The Morgan fingerprint density at radius 2 is 0.667 bits per heavy atom. The third-order valence-corrected chi connectivity index (χ3v) is 15.7. The molecular weight excluding hydrogens is 959 g/mol. The van der Waals surface area contributed by atoms with Crippen LogP contribution in [0.4, 0.5) is 0 Å². The van der Waals surface area contributed by atoms with Crippen molar-refractivity contribution in [2.75, 3.05) is 13.2 Å². The average Bonchev–Trinajstić information content (AvgIpc) is 3.44. The van der Waals surface area contributed by atoms with E-state index in [2.05, 4.69) is 67.8 Å². The predicted octanol–water partition coefficient (Wildman–Crippen LogP) is 22.3. The van der Waals surface area contributed by atoms with Gasteiger partial charge in [0.15, 0.2) is 0 Å². The van der Waals surface area contributed by atoms with Gasteiger partial charge < -0.3 is 20.3 Å². The minimum absolute atomic E-state index is 0.00703. The smallest absolute Gasteiger partial charge is 0.305 e. The fraction of sp³-hybridized carbons (Fsp3) is 0.833. The number of carbonyl (C=O) groups is 2. The predicted molar refractivity (Wildman–Crippen MR) is 342 cm³/mol. The van der Waals surface area contributed by atoms with E-state index in [-0.39, 0.29) is 18.5 Å². The molecule has 6 nitrogen and oxygen atoms in total. The highest BCUT2D eigenvalue weighted by Crippen LogP contribution is 2.18. The Hall–Kier alpha value is -2.44. The molecule has 0 spiro atoms. The molecule has 0 aliphatic rings. The maximum atomic E-state index is 12.5. The number of rotatable bonds is 64. The third kappa shape index (κ3) is 62.8. The molecule has 0 saturated carbocycles. The van der Waals surface area contributed by atoms with E-state index in [9.17, 15) is 19.8 Å². The van der Waals surface area contributed by atoms with Crippen LogP contribution < -0.4 is 5.32 Å². The minimum Gasteiger partial charge on any atom is -0.466 e. The van der Waals surface area contributed by atoms with Gasteiger partial charge in [0.1, 0.15) is 0 Å². The van der Waals surface area contributed by atoms with Crippen LogP contribution in [0.2, 0.25) is 0 Å². The van der Waals surface area contributed by atoms with E-state index in [1.54, 1.807) is 6.08 Å². The summed E-state index contributed by atoms with van der Waals surface area (Å²) in [6.45, 7) is 4.85. The zero-order valence-electron chi connectivity index (χ0n) is 52.1. The summed E-state index contributed by atoms with van der Waals surface area (Å²) in [7, 11) is 0. The maximum absolute atomic E-state index is 12.5. The second-order valence-corrected chi connectivity index (χ2v) is 23.5. The van der Waals surface area contributed by atoms with Crippen LogP contribution >= 0.6 is 0 Å². The molecule has 456 valence electrons. The summed E-state index contributed by atoms with van der Waals surface area (Å²) in [5.74, 6) is -0.0786. The summed E-state index contributed by atoms with van der Waals surface area (Å²) in [4.78, 5) is 24.6. The Labute approximate surface area is 486 Å². The highest BCUT2D eigenvalue weighted by molar-refractivity contribution is 5.76. The Bertz CT molecular complexity index is 1350. The lowest BCUT2D eigenvalue weighted by atomic mass is 10.0. The summed E-state index contributed by atoms with van der Waals surface area (Å²) in [5, 5.41) is 23.3. The van der Waals surface area contributed by atoms with Crippen LogP contribution in [0.3, 0.4) is 0 Å². The molecule has 0 fully saturated rings. The van der Waals surface area contributed by atoms with Crippen molar-refractivity contribution >= 4 is 11.9 Å². The lowest BCUT2D eigenvalue weighted by molar-refractivity contribution is -0.143. The van der Waals surface area contributed by atoms with Gasteiger partial charge in [0, 0.05) is 12.8 Å². The van der Waals surface area contributed by atoms with Gasteiger partial charge in [-0.1, -0.05) is 319 Å². The van der Waals surface area contributed by atoms with Crippen molar-refractivity contribution in [1.29, 1.82) is 0 Å². The van der Waals surface area contributed by atoms with Crippen molar-refractivity contribution in [2.45, 2.75) is 373 Å². The minimum atomic E-state index is -0.851. The van der Waals surface area contributed by atoms with Crippen LogP contribution in [0.5, 0.6) is 0 Å². The number of esters is 1. The summed E-state index contributed by atoms with van der Waals surface area (Å²) in [6, 6.07) is -0.635. The summed E-state index contributed by atoms with van der Waals surface area (Å²) in [5.41, 5.74) is 0. The van der Waals surface area contributed by atoms with Gasteiger partial charge in [0.2, 0.25) is 5.91 Å². The number of unbranched alkanes of at least 4 members (excludes halogenated alkanes) is 45. The molecular formula is C72H133NO5. The molecule has 2 atom stereocenters. The first-order valence-electron chi connectivity index (χ1n) is 34.6. The van der Waals surface area contributed by atoms with Crippen molar-refractivity contribution in [2.24, 2.45) is 0 Å². The van der Waals surface area contributed by atoms with Crippen LogP contribution in [-0.2, 0) is 14.3 Å². The van der Waals surface area contributed by atoms with Gasteiger partial charge in [-0.2, -0.15) is 0 Å². The largest absolute Gasteiger partial charge is 0.466 e. The summed E-state index contributed by atoms with van der Waals surface area (Å²) >= 11 is 0. The highest BCUT2D eigenvalue weighted by atomic mass is 16.5. The maximum Gasteiger partial charge on any atom is 0.305 e. The molecule has 0 aromatic rings. The molecule has 0 aliphatic carbocycles.